The van der Waals surface area contributed by atoms with Crippen LogP contribution in [0.25, 0.3) is 0 Å². The lowest BCUT2D eigenvalue weighted by atomic mass is 9.82. The SMILES string of the molecule is CCCCC(CC)CC(O)(CC)CCC. The molecule has 92 valence electrons. The molecule has 0 heterocycles. The van der Waals surface area contributed by atoms with E-state index in [1.54, 1.807) is 0 Å². The summed E-state index contributed by atoms with van der Waals surface area (Å²) in [6.07, 6.45) is 9.06. The Kier molecular flexibility index (Phi) is 8.13. The summed E-state index contributed by atoms with van der Waals surface area (Å²) in [5.41, 5.74) is -0.386. The molecule has 0 aliphatic carbocycles. The summed E-state index contributed by atoms with van der Waals surface area (Å²) in [5, 5.41) is 10.4. The van der Waals surface area contributed by atoms with Gasteiger partial charge in [-0.3, -0.25) is 0 Å². The Labute approximate surface area is 96.3 Å². The largest absolute Gasteiger partial charge is 0.390 e. The van der Waals surface area contributed by atoms with E-state index in [2.05, 4.69) is 27.7 Å². The van der Waals surface area contributed by atoms with Gasteiger partial charge in [0.05, 0.1) is 5.60 Å². The number of hydrogen-bond acceptors (Lipinski definition) is 1. The highest BCUT2D eigenvalue weighted by Gasteiger charge is 2.26. The van der Waals surface area contributed by atoms with Crippen molar-refractivity contribution in [2.45, 2.75) is 84.7 Å². The third-order valence-electron chi connectivity index (χ3n) is 3.59. The minimum absolute atomic E-state index is 0.386. The minimum atomic E-state index is -0.386. The van der Waals surface area contributed by atoms with Gasteiger partial charge >= 0.3 is 0 Å². The first kappa shape index (κ1) is 15.0. The van der Waals surface area contributed by atoms with Crippen LogP contribution in [0.15, 0.2) is 0 Å². The second-order valence-electron chi connectivity index (χ2n) is 4.95. The van der Waals surface area contributed by atoms with Gasteiger partial charge in [0.15, 0.2) is 0 Å². The Morgan fingerprint density at radius 1 is 1.07 bits per heavy atom. The third kappa shape index (κ3) is 6.19. The topological polar surface area (TPSA) is 20.2 Å². The van der Waals surface area contributed by atoms with Crippen LogP contribution in [0, 0.1) is 5.92 Å². The lowest BCUT2D eigenvalue weighted by Gasteiger charge is -2.30. The molecule has 1 N–H and O–H groups in total. The summed E-state index contributed by atoms with van der Waals surface area (Å²) in [4.78, 5) is 0. The standard InChI is InChI=1S/C14H30O/c1-5-9-10-13(7-3)12-14(15,8-4)11-6-2/h13,15H,5-12H2,1-4H3. The maximum absolute atomic E-state index is 10.4. The van der Waals surface area contributed by atoms with Crippen molar-refractivity contribution in [2.24, 2.45) is 5.92 Å². The summed E-state index contributed by atoms with van der Waals surface area (Å²) < 4.78 is 0. The van der Waals surface area contributed by atoms with Gasteiger partial charge in [-0.25, -0.2) is 0 Å². The molecule has 0 rings (SSSR count). The highest BCUT2D eigenvalue weighted by molar-refractivity contribution is 4.79. The molecule has 1 heteroatoms. The Balaban J connectivity index is 4.09. The van der Waals surface area contributed by atoms with Crippen LogP contribution < -0.4 is 0 Å². The average molecular weight is 214 g/mol. The second-order valence-corrected chi connectivity index (χ2v) is 4.95. The van der Waals surface area contributed by atoms with Crippen LogP contribution in [0.5, 0.6) is 0 Å². The summed E-state index contributed by atoms with van der Waals surface area (Å²) in [6, 6.07) is 0. The molecule has 0 bridgehead atoms. The summed E-state index contributed by atoms with van der Waals surface area (Å²) in [7, 11) is 0. The van der Waals surface area contributed by atoms with Crippen LogP contribution >= 0.6 is 0 Å². The number of hydrogen-bond donors (Lipinski definition) is 1. The third-order valence-corrected chi connectivity index (χ3v) is 3.59. The normalized spacial score (nSPS) is 17.4. The molecule has 15 heavy (non-hydrogen) atoms. The van der Waals surface area contributed by atoms with Crippen molar-refractivity contribution in [3.63, 3.8) is 0 Å². The van der Waals surface area contributed by atoms with Crippen LogP contribution in [0.3, 0.4) is 0 Å². The maximum Gasteiger partial charge on any atom is 0.0647 e. The van der Waals surface area contributed by atoms with Crippen LogP contribution in [0.1, 0.15) is 79.1 Å². The molecule has 0 saturated carbocycles. The molecule has 1 nitrogen and oxygen atoms in total. The molecule has 0 radical (unpaired) electrons. The molecule has 2 atom stereocenters. The van der Waals surface area contributed by atoms with Crippen molar-refractivity contribution >= 4 is 0 Å². The fraction of sp³-hybridized carbons (Fsp3) is 1.00. The van der Waals surface area contributed by atoms with Crippen LogP contribution in [0.2, 0.25) is 0 Å². The molecule has 0 aromatic carbocycles. The quantitative estimate of drug-likeness (QED) is 0.597. The van der Waals surface area contributed by atoms with Gasteiger partial charge in [-0.2, -0.15) is 0 Å². The molecule has 2 unspecified atom stereocenters. The molecule has 0 aliphatic rings. The van der Waals surface area contributed by atoms with Crippen molar-refractivity contribution in [2.75, 3.05) is 0 Å². The first-order chi connectivity index (χ1) is 7.11. The Morgan fingerprint density at radius 3 is 2.13 bits per heavy atom. The zero-order chi connectivity index (χ0) is 11.7. The van der Waals surface area contributed by atoms with E-state index in [4.69, 9.17) is 0 Å². The van der Waals surface area contributed by atoms with Crippen molar-refractivity contribution < 1.29 is 5.11 Å². The van der Waals surface area contributed by atoms with Crippen molar-refractivity contribution in [1.29, 1.82) is 0 Å². The predicted molar refractivity (Wildman–Crippen MR) is 68.1 cm³/mol. The smallest absolute Gasteiger partial charge is 0.0647 e. The molecule has 0 amide bonds. The lowest BCUT2D eigenvalue weighted by molar-refractivity contribution is 0.000886. The first-order valence-corrected chi connectivity index (χ1v) is 6.84. The summed E-state index contributed by atoms with van der Waals surface area (Å²) in [5.74, 6) is 0.724. The summed E-state index contributed by atoms with van der Waals surface area (Å²) >= 11 is 0. The zero-order valence-corrected chi connectivity index (χ0v) is 11.2. The highest BCUT2D eigenvalue weighted by Crippen LogP contribution is 2.29. The van der Waals surface area contributed by atoms with Gasteiger partial charge in [0.1, 0.15) is 0 Å². The fourth-order valence-corrected chi connectivity index (χ4v) is 2.37. The predicted octanol–water partition coefficient (Wildman–Crippen LogP) is 4.53. The average Bonchev–Trinajstić information content (AvgIpc) is 2.24. The fourth-order valence-electron chi connectivity index (χ4n) is 2.37. The Hall–Kier alpha value is -0.0400. The maximum atomic E-state index is 10.4. The van der Waals surface area contributed by atoms with E-state index in [1.807, 2.05) is 0 Å². The van der Waals surface area contributed by atoms with Crippen molar-refractivity contribution in [3.05, 3.63) is 0 Å². The number of aliphatic hydroxyl groups is 1. The van der Waals surface area contributed by atoms with Gasteiger partial charge in [0.2, 0.25) is 0 Å². The van der Waals surface area contributed by atoms with Gasteiger partial charge in [-0.1, -0.05) is 59.8 Å². The number of unbranched alkanes of at least 4 members (excludes halogenated alkanes) is 1. The molecule has 0 spiro atoms. The van der Waals surface area contributed by atoms with E-state index in [0.29, 0.717) is 0 Å². The minimum Gasteiger partial charge on any atom is -0.390 e. The molecule has 0 fully saturated rings. The van der Waals surface area contributed by atoms with E-state index in [0.717, 1.165) is 31.6 Å². The van der Waals surface area contributed by atoms with Crippen molar-refractivity contribution in [3.8, 4) is 0 Å². The van der Waals surface area contributed by atoms with Gasteiger partial charge in [0.25, 0.3) is 0 Å². The molecule has 0 aromatic heterocycles. The molecular weight excluding hydrogens is 184 g/mol. The number of rotatable bonds is 9. The highest BCUT2D eigenvalue weighted by atomic mass is 16.3. The summed E-state index contributed by atoms with van der Waals surface area (Å²) in [6.45, 7) is 8.77. The van der Waals surface area contributed by atoms with Crippen LogP contribution in [0.4, 0.5) is 0 Å². The van der Waals surface area contributed by atoms with Gasteiger partial charge in [0, 0.05) is 0 Å². The lowest BCUT2D eigenvalue weighted by Crippen LogP contribution is -2.30. The van der Waals surface area contributed by atoms with E-state index in [-0.39, 0.29) is 5.60 Å². The van der Waals surface area contributed by atoms with E-state index >= 15 is 0 Å². The molecular formula is C14H30O. The second kappa shape index (κ2) is 8.15. The molecule has 0 saturated heterocycles. The van der Waals surface area contributed by atoms with Crippen molar-refractivity contribution in [1.82, 2.24) is 0 Å². The van der Waals surface area contributed by atoms with Gasteiger partial charge in [-0.05, 0) is 25.2 Å². The first-order valence-electron chi connectivity index (χ1n) is 6.84. The van der Waals surface area contributed by atoms with E-state index in [1.165, 1.54) is 25.7 Å². The van der Waals surface area contributed by atoms with E-state index in [9.17, 15) is 5.11 Å². The van der Waals surface area contributed by atoms with Gasteiger partial charge < -0.3 is 5.11 Å². The van der Waals surface area contributed by atoms with E-state index < -0.39 is 0 Å². The zero-order valence-electron chi connectivity index (χ0n) is 11.2. The Morgan fingerprint density at radius 2 is 1.73 bits per heavy atom. The molecule has 0 aromatic rings. The van der Waals surface area contributed by atoms with Crippen LogP contribution in [-0.2, 0) is 0 Å². The molecule has 0 aliphatic heterocycles. The van der Waals surface area contributed by atoms with Gasteiger partial charge in [-0.15, -0.1) is 0 Å². The Bertz CT molecular complexity index is 144. The van der Waals surface area contributed by atoms with Crippen LogP contribution in [-0.4, -0.2) is 10.7 Å². The monoisotopic (exact) mass is 214 g/mol.